The molecule has 2 bridgehead atoms. The van der Waals surface area contributed by atoms with E-state index in [1.165, 1.54) is 0 Å². The first kappa shape index (κ1) is 15.6. The normalized spacial score (nSPS) is 30.1. The first-order valence-corrected chi connectivity index (χ1v) is 8.49. The smallest absolute Gasteiger partial charge is 0.127 e. The number of nitrogens with zero attached hydrogens (tertiary/aromatic N) is 1. The van der Waals surface area contributed by atoms with Crippen molar-refractivity contribution in [3.63, 3.8) is 0 Å². The molecule has 2 unspecified atom stereocenters. The molecule has 0 aliphatic carbocycles. The predicted molar refractivity (Wildman–Crippen MR) is 92.2 cm³/mol. The quantitative estimate of drug-likeness (QED) is 0.941. The Hall–Kier alpha value is -1.88. The van der Waals surface area contributed by atoms with Gasteiger partial charge in [-0.3, -0.25) is 4.90 Å². The Kier molecular flexibility index (Phi) is 4.04. The molecule has 2 heterocycles. The van der Waals surface area contributed by atoms with Crippen molar-refractivity contribution in [2.45, 2.75) is 30.5 Å². The highest BCUT2D eigenvalue weighted by Crippen LogP contribution is 2.40. The van der Waals surface area contributed by atoms with Crippen molar-refractivity contribution in [3.8, 4) is 11.5 Å². The van der Waals surface area contributed by atoms with Crippen LogP contribution in [0.4, 0.5) is 0 Å². The highest BCUT2D eigenvalue weighted by atomic mass is 16.5. The second-order valence-electron chi connectivity index (χ2n) is 6.89. The summed E-state index contributed by atoms with van der Waals surface area (Å²) in [5.74, 6) is 1.60. The summed E-state index contributed by atoms with van der Waals surface area (Å²) in [6.45, 7) is 1.40. The summed E-state index contributed by atoms with van der Waals surface area (Å²) in [7, 11) is 2.13. The Balaban J connectivity index is 1.52. The summed E-state index contributed by atoms with van der Waals surface area (Å²) in [5.41, 5.74) is 0.185. The fourth-order valence-electron chi connectivity index (χ4n) is 3.84. The Morgan fingerprint density at radius 3 is 2.17 bits per heavy atom. The number of fused-ring (bicyclic) bond motifs is 2. The molecule has 4 rings (SSSR count). The minimum absolute atomic E-state index is 0.280. The van der Waals surface area contributed by atoms with E-state index in [-0.39, 0.29) is 12.1 Å². The van der Waals surface area contributed by atoms with Gasteiger partial charge in [-0.25, -0.2) is 0 Å². The van der Waals surface area contributed by atoms with Crippen LogP contribution in [0.5, 0.6) is 11.5 Å². The van der Waals surface area contributed by atoms with Crippen molar-refractivity contribution >= 4 is 0 Å². The first-order chi connectivity index (χ1) is 11.6. The van der Waals surface area contributed by atoms with Crippen LogP contribution in [0.1, 0.15) is 18.4 Å². The first-order valence-electron chi connectivity index (χ1n) is 8.49. The van der Waals surface area contributed by atoms with E-state index in [1.54, 1.807) is 0 Å². The molecule has 4 heteroatoms. The molecule has 4 nitrogen and oxygen atoms in total. The van der Waals surface area contributed by atoms with Gasteiger partial charge in [0.1, 0.15) is 11.5 Å². The Morgan fingerprint density at radius 2 is 1.54 bits per heavy atom. The zero-order valence-electron chi connectivity index (χ0n) is 13.9. The monoisotopic (exact) mass is 325 g/mol. The summed E-state index contributed by atoms with van der Waals surface area (Å²) < 4.78 is 11.5. The van der Waals surface area contributed by atoms with Crippen LogP contribution in [-0.2, 0) is 10.3 Å². The number of hydrogen-bond donors (Lipinski definition) is 1. The topological polar surface area (TPSA) is 41.9 Å². The molecule has 2 aromatic carbocycles. The molecule has 2 aliphatic rings. The van der Waals surface area contributed by atoms with Gasteiger partial charge in [0.05, 0.1) is 18.8 Å². The molecule has 2 aliphatic heterocycles. The number of morpholine rings is 1. The van der Waals surface area contributed by atoms with Crippen molar-refractivity contribution < 1.29 is 14.6 Å². The molecule has 126 valence electrons. The lowest BCUT2D eigenvalue weighted by Gasteiger charge is -2.50. The number of piperidine rings is 1. The van der Waals surface area contributed by atoms with E-state index in [0.717, 1.165) is 17.1 Å². The zero-order valence-corrected chi connectivity index (χ0v) is 13.9. The van der Waals surface area contributed by atoms with Crippen LogP contribution >= 0.6 is 0 Å². The van der Waals surface area contributed by atoms with Gasteiger partial charge in [-0.05, 0) is 49.7 Å². The molecule has 2 atom stereocenters. The molecule has 1 N–H and O–H groups in total. The third-order valence-corrected chi connectivity index (χ3v) is 5.29. The minimum atomic E-state index is -0.781. The van der Waals surface area contributed by atoms with Gasteiger partial charge in [-0.2, -0.15) is 0 Å². The molecule has 0 radical (unpaired) electrons. The van der Waals surface area contributed by atoms with E-state index in [4.69, 9.17) is 9.47 Å². The van der Waals surface area contributed by atoms with Gasteiger partial charge in [-0.15, -0.1) is 0 Å². The molecule has 0 spiro atoms. The van der Waals surface area contributed by atoms with Crippen LogP contribution in [0.3, 0.4) is 0 Å². The van der Waals surface area contributed by atoms with Crippen molar-refractivity contribution in [3.05, 3.63) is 60.2 Å². The average Bonchev–Trinajstić information content (AvgIpc) is 2.58. The van der Waals surface area contributed by atoms with E-state index in [9.17, 15) is 5.11 Å². The van der Waals surface area contributed by atoms with Crippen molar-refractivity contribution in [2.75, 3.05) is 20.3 Å². The summed E-state index contributed by atoms with van der Waals surface area (Å²) in [6.07, 6.45) is 1.41. The van der Waals surface area contributed by atoms with Crippen LogP contribution in [0.2, 0.25) is 0 Å². The fraction of sp³-hybridized carbons (Fsp3) is 0.400. The van der Waals surface area contributed by atoms with Gasteiger partial charge in [0.25, 0.3) is 0 Å². The van der Waals surface area contributed by atoms with E-state index in [0.29, 0.717) is 26.1 Å². The largest absolute Gasteiger partial charge is 0.457 e. The third-order valence-electron chi connectivity index (χ3n) is 5.29. The molecule has 0 aromatic heterocycles. The number of hydrogen-bond acceptors (Lipinski definition) is 4. The maximum atomic E-state index is 11.2. The summed E-state index contributed by atoms with van der Waals surface area (Å²) in [6, 6.07) is 18.1. The highest BCUT2D eigenvalue weighted by Gasteiger charge is 2.45. The molecular formula is C20H23NO3. The Bertz CT molecular complexity index is 672. The third kappa shape index (κ3) is 2.93. The summed E-state index contributed by atoms with van der Waals surface area (Å²) in [5, 5.41) is 11.2. The SMILES string of the molecule is CN1C2COCC1CC(O)(c1ccc(Oc3ccccc3)cc1)C2. The molecule has 2 aromatic rings. The van der Waals surface area contributed by atoms with Crippen LogP contribution in [0.15, 0.2) is 54.6 Å². The molecular weight excluding hydrogens is 302 g/mol. The van der Waals surface area contributed by atoms with Crippen LogP contribution in [0, 0.1) is 0 Å². The lowest BCUT2D eigenvalue weighted by atomic mass is 9.77. The standard InChI is InChI=1S/C20H23NO3/c1-21-16-11-20(22,12-17(21)14-23-13-16)15-7-9-19(10-8-15)24-18-5-3-2-4-6-18/h2-10,16-17,22H,11-14H2,1H3. The number of ether oxygens (including phenoxy) is 2. The van der Waals surface area contributed by atoms with Gasteiger partial charge in [0, 0.05) is 12.1 Å². The van der Waals surface area contributed by atoms with Gasteiger partial charge in [-0.1, -0.05) is 30.3 Å². The van der Waals surface area contributed by atoms with Crippen molar-refractivity contribution in [1.29, 1.82) is 0 Å². The van der Waals surface area contributed by atoms with Crippen LogP contribution in [-0.4, -0.2) is 42.4 Å². The van der Waals surface area contributed by atoms with Gasteiger partial charge in [0.15, 0.2) is 0 Å². The fourth-order valence-corrected chi connectivity index (χ4v) is 3.84. The number of para-hydroxylation sites is 1. The second kappa shape index (κ2) is 6.20. The number of benzene rings is 2. The number of aliphatic hydroxyl groups is 1. The average molecular weight is 325 g/mol. The van der Waals surface area contributed by atoms with Gasteiger partial charge < -0.3 is 14.6 Å². The van der Waals surface area contributed by atoms with E-state index >= 15 is 0 Å². The number of rotatable bonds is 3. The summed E-state index contributed by atoms with van der Waals surface area (Å²) in [4.78, 5) is 2.35. The van der Waals surface area contributed by atoms with E-state index in [1.807, 2.05) is 54.6 Å². The van der Waals surface area contributed by atoms with Gasteiger partial charge >= 0.3 is 0 Å². The summed E-state index contributed by atoms with van der Waals surface area (Å²) >= 11 is 0. The Morgan fingerprint density at radius 1 is 0.958 bits per heavy atom. The van der Waals surface area contributed by atoms with Crippen molar-refractivity contribution in [1.82, 2.24) is 4.90 Å². The number of likely N-dealkylation sites (N-methyl/N-ethyl adjacent to an activating group) is 1. The van der Waals surface area contributed by atoms with Crippen LogP contribution in [0.25, 0.3) is 0 Å². The molecule has 2 saturated heterocycles. The molecule has 24 heavy (non-hydrogen) atoms. The predicted octanol–water partition coefficient (Wildman–Crippen LogP) is 3.16. The lowest BCUT2D eigenvalue weighted by Crippen LogP contribution is -2.59. The Labute approximate surface area is 142 Å². The van der Waals surface area contributed by atoms with E-state index < -0.39 is 5.60 Å². The highest BCUT2D eigenvalue weighted by molar-refractivity contribution is 5.35. The molecule has 0 saturated carbocycles. The van der Waals surface area contributed by atoms with Crippen LogP contribution < -0.4 is 4.74 Å². The second-order valence-corrected chi connectivity index (χ2v) is 6.89. The van der Waals surface area contributed by atoms with E-state index in [2.05, 4.69) is 11.9 Å². The van der Waals surface area contributed by atoms with Gasteiger partial charge in [0.2, 0.25) is 0 Å². The minimum Gasteiger partial charge on any atom is -0.457 e. The molecule has 2 fully saturated rings. The zero-order chi connectivity index (χ0) is 16.6. The van der Waals surface area contributed by atoms with Crippen molar-refractivity contribution in [2.24, 2.45) is 0 Å². The lowest BCUT2D eigenvalue weighted by molar-refractivity contribution is -0.137. The maximum Gasteiger partial charge on any atom is 0.127 e. The molecule has 0 amide bonds. The maximum absolute atomic E-state index is 11.2.